The number of benzene rings is 1. The van der Waals surface area contributed by atoms with E-state index in [1.54, 1.807) is 19.1 Å². The Kier molecular flexibility index (Phi) is 7.96. The molecule has 0 saturated heterocycles. The van der Waals surface area contributed by atoms with Gasteiger partial charge in [-0.1, -0.05) is 44.2 Å². The van der Waals surface area contributed by atoms with Crippen LogP contribution in [0.25, 0.3) is 0 Å². The van der Waals surface area contributed by atoms with E-state index in [2.05, 4.69) is 0 Å². The normalized spacial score (nSPS) is 15.0. The Morgan fingerprint density at radius 2 is 1.96 bits per heavy atom. The summed E-state index contributed by atoms with van der Waals surface area (Å²) in [6, 6.07) is 7.18. The van der Waals surface area contributed by atoms with Gasteiger partial charge in [0, 0.05) is 25.6 Å². The molecule has 0 atom stereocenters. The summed E-state index contributed by atoms with van der Waals surface area (Å²) in [6.45, 7) is 2.90. The molecule has 0 heterocycles. The first-order valence-electron chi connectivity index (χ1n) is 9.54. The fourth-order valence-electron chi connectivity index (χ4n) is 3.39. The van der Waals surface area contributed by atoms with Gasteiger partial charge in [-0.2, -0.15) is 0 Å². The van der Waals surface area contributed by atoms with E-state index >= 15 is 0 Å². The van der Waals surface area contributed by atoms with E-state index in [1.165, 1.54) is 32.1 Å². The van der Waals surface area contributed by atoms with Gasteiger partial charge in [0.15, 0.2) is 5.78 Å². The maximum atomic E-state index is 12.2. The Balaban J connectivity index is 1.62. The Morgan fingerprint density at radius 1 is 1.20 bits per heavy atom. The van der Waals surface area contributed by atoms with Gasteiger partial charge in [-0.25, -0.2) is 0 Å². The molecule has 0 radical (unpaired) electrons. The van der Waals surface area contributed by atoms with E-state index in [0.717, 1.165) is 18.9 Å². The molecule has 138 valence electrons. The molecule has 1 aliphatic rings. The molecule has 1 aromatic rings. The van der Waals surface area contributed by atoms with Crippen molar-refractivity contribution < 1.29 is 14.3 Å². The summed E-state index contributed by atoms with van der Waals surface area (Å²) in [4.78, 5) is 25.4. The quantitative estimate of drug-likeness (QED) is 0.490. The summed E-state index contributed by atoms with van der Waals surface area (Å²) >= 11 is 0. The number of carbonyl (C=O) groups excluding carboxylic acids is 2. The van der Waals surface area contributed by atoms with Crippen LogP contribution in [0.2, 0.25) is 0 Å². The van der Waals surface area contributed by atoms with Crippen LogP contribution in [0, 0.1) is 5.92 Å². The average molecular weight is 345 g/mol. The Bertz CT molecular complexity index is 564. The molecule has 4 nitrogen and oxygen atoms in total. The van der Waals surface area contributed by atoms with Crippen LogP contribution < -0.4 is 4.74 Å². The van der Waals surface area contributed by atoms with Gasteiger partial charge < -0.3 is 9.64 Å². The monoisotopic (exact) mass is 345 g/mol. The molecular weight excluding hydrogens is 314 g/mol. The predicted molar refractivity (Wildman–Crippen MR) is 100 cm³/mol. The second-order valence-electron chi connectivity index (χ2n) is 7.14. The SMILES string of the molecule is CC(=O)c1cccc(OCCCC(=O)N(C)CCC2CCCCC2)c1. The van der Waals surface area contributed by atoms with Gasteiger partial charge >= 0.3 is 0 Å². The van der Waals surface area contributed by atoms with E-state index in [4.69, 9.17) is 4.74 Å². The zero-order chi connectivity index (χ0) is 18.1. The summed E-state index contributed by atoms with van der Waals surface area (Å²) in [7, 11) is 1.91. The lowest BCUT2D eigenvalue weighted by molar-refractivity contribution is -0.130. The largest absolute Gasteiger partial charge is 0.494 e. The van der Waals surface area contributed by atoms with Crippen LogP contribution in [0.5, 0.6) is 5.75 Å². The first-order valence-corrected chi connectivity index (χ1v) is 9.54. The third-order valence-electron chi connectivity index (χ3n) is 5.07. The highest BCUT2D eigenvalue weighted by atomic mass is 16.5. The van der Waals surface area contributed by atoms with Crippen molar-refractivity contribution in [3.8, 4) is 5.75 Å². The van der Waals surface area contributed by atoms with Crippen molar-refractivity contribution in [2.45, 2.75) is 58.3 Å². The molecule has 1 aliphatic carbocycles. The molecule has 1 aromatic carbocycles. The average Bonchev–Trinajstić information content (AvgIpc) is 2.64. The first-order chi connectivity index (χ1) is 12.1. The van der Waals surface area contributed by atoms with E-state index in [9.17, 15) is 9.59 Å². The van der Waals surface area contributed by atoms with Crippen LogP contribution in [0.1, 0.15) is 68.6 Å². The highest BCUT2D eigenvalue weighted by Gasteiger charge is 2.15. The number of rotatable bonds is 9. The third kappa shape index (κ3) is 6.89. The van der Waals surface area contributed by atoms with Gasteiger partial charge in [-0.3, -0.25) is 9.59 Å². The minimum atomic E-state index is 0.0280. The van der Waals surface area contributed by atoms with Gasteiger partial charge in [0.25, 0.3) is 0 Å². The Labute approximate surface area is 151 Å². The maximum Gasteiger partial charge on any atom is 0.222 e. The highest BCUT2D eigenvalue weighted by molar-refractivity contribution is 5.94. The molecule has 1 fully saturated rings. The summed E-state index contributed by atoms with van der Waals surface area (Å²) in [5, 5.41) is 0. The molecular formula is C21H31NO3. The van der Waals surface area contributed by atoms with Crippen molar-refractivity contribution in [3.63, 3.8) is 0 Å². The molecule has 1 saturated carbocycles. The molecule has 0 N–H and O–H groups in total. The van der Waals surface area contributed by atoms with Gasteiger partial charge in [0.1, 0.15) is 5.75 Å². The zero-order valence-electron chi connectivity index (χ0n) is 15.6. The van der Waals surface area contributed by atoms with Crippen molar-refractivity contribution >= 4 is 11.7 Å². The number of nitrogens with zero attached hydrogens (tertiary/aromatic N) is 1. The standard InChI is InChI=1S/C21H31NO3/c1-17(23)19-10-6-11-20(16-19)25-15-7-12-21(24)22(2)14-13-18-8-4-3-5-9-18/h6,10-11,16,18H,3-5,7-9,12-15H2,1-2H3. The third-order valence-corrected chi connectivity index (χ3v) is 5.07. The van der Waals surface area contributed by atoms with Crippen molar-refractivity contribution in [2.75, 3.05) is 20.2 Å². The summed E-state index contributed by atoms with van der Waals surface area (Å²) in [6.07, 6.45) is 9.07. The number of ketones is 1. The fourth-order valence-corrected chi connectivity index (χ4v) is 3.39. The van der Waals surface area contributed by atoms with Gasteiger partial charge in [0.05, 0.1) is 6.61 Å². The topological polar surface area (TPSA) is 46.6 Å². The van der Waals surface area contributed by atoms with Gasteiger partial charge in [-0.05, 0) is 37.8 Å². The van der Waals surface area contributed by atoms with Crippen LogP contribution >= 0.6 is 0 Å². The van der Waals surface area contributed by atoms with Crippen LogP contribution in [0.3, 0.4) is 0 Å². The molecule has 4 heteroatoms. The van der Waals surface area contributed by atoms with E-state index in [1.807, 2.05) is 24.1 Å². The molecule has 0 aliphatic heterocycles. The molecule has 0 aromatic heterocycles. The van der Waals surface area contributed by atoms with Crippen LogP contribution in [-0.2, 0) is 4.79 Å². The lowest BCUT2D eigenvalue weighted by atomic mass is 9.87. The Morgan fingerprint density at radius 3 is 2.68 bits per heavy atom. The second kappa shape index (κ2) is 10.2. The van der Waals surface area contributed by atoms with E-state index < -0.39 is 0 Å². The van der Waals surface area contributed by atoms with Crippen LogP contribution in [0.4, 0.5) is 0 Å². The second-order valence-corrected chi connectivity index (χ2v) is 7.14. The number of carbonyl (C=O) groups is 2. The van der Waals surface area contributed by atoms with Crippen LogP contribution in [0.15, 0.2) is 24.3 Å². The molecule has 2 rings (SSSR count). The molecule has 0 unspecified atom stereocenters. The van der Waals surface area contributed by atoms with Crippen molar-refractivity contribution in [3.05, 3.63) is 29.8 Å². The molecule has 0 spiro atoms. The number of hydrogen-bond acceptors (Lipinski definition) is 3. The lowest BCUT2D eigenvalue weighted by Crippen LogP contribution is -2.29. The zero-order valence-corrected chi connectivity index (χ0v) is 15.6. The fraction of sp³-hybridized carbons (Fsp3) is 0.619. The predicted octanol–water partition coefficient (Wildman–Crippen LogP) is 4.48. The summed E-state index contributed by atoms with van der Waals surface area (Å²) < 4.78 is 5.66. The first kappa shape index (κ1) is 19.5. The van der Waals surface area contributed by atoms with Crippen molar-refractivity contribution in [1.29, 1.82) is 0 Å². The Hall–Kier alpha value is -1.84. The smallest absolute Gasteiger partial charge is 0.222 e. The lowest BCUT2D eigenvalue weighted by Gasteiger charge is -2.24. The summed E-state index contributed by atoms with van der Waals surface area (Å²) in [5.41, 5.74) is 0.649. The van der Waals surface area contributed by atoms with Crippen molar-refractivity contribution in [1.82, 2.24) is 4.90 Å². The van der Waals surface area contributed by atoms with Crippen molar-refractivity contribution in [2.24, 2.45) is 5.92 Å². The number of amides is 1. The van der Waals surface area contributed by atoms with E-state index in [-0.39, 0.29) is 11.7 Å². The van der Waals surface area contributed by atoms with Crippen LogP contribution in [-0.4, -0.2) is 36.8 Å². The summed E-state index contributed by atoms with van der Waals surface area (Å²) in [5.74, 6) is 1.71. The minimum Gasteiger partial charge on any atom is -0.494 e. The maximum absolute atomic E-state index is 12.2. The van der Waals surface area contributed by atoms with E-state index in [0.29, 0.717) is 30.8 Å². The van der Waals surface area contributed by atoms with Gasteiger partial charge in [-0.15, -0.1) is 0 Å². The van der Waals surface area contributed by atoms with Gasteiger partial charge in [0.2, 0.25) is 5.91 Å². The molecule has 1 amide bonds. The highest BCUT2D eigenvalue weighted by Crippen LogP contribution is 2.26. The minimum absolute atomic E-state index is 0.0280. The number of Topliss-reactive ketones (excluding diaryl/α,β-unsaturated/α-hetero) is 1. The number of hydrogen-bond donors (Lipinski definition) is 0. The molecule has 0 bridgehead atoms. The molecule has 25 heavy (non-hydrogen) atoms. The number of ether oxygens (including phenoxy) is 1.